The molecule has 0 aliphatic heterocycles. The van der Waals surface area contributed by atoms with E-state index >= 15 is 0 Å². The molecule has 0 aromatic heterocycles. The largest absolute Gasteiger partial charge is 0.342 e. The fourth-order valence-electron chi connectivity index (χ4n) is 4.46. The van der Waals surface area contributed by atoms with Crippen LogP contribution in [0.25, 0.3) is 0 Å². The van der Waals surface area contributed by atoms with E-state index in [2.05, 4.69) is 31.3 Å². The van der Waals surface area contributed by atoms with E-state index in [9.17, 15) is 22.8 Å². The van der Waals surface area contributed by atoms with Crippen LogP contribution in [0, 0.1) is 5.41 Å². The predicted octanol–water partition coefficient (Wildman–Crippen LogP) is 3.90. The fraction of sp³-hybridized carbons (Fsp3) is 0.452. The smallest absolute Gasteiger partial charge is 0.260 e. The van der Waals surface area contributed by atoms with E-state index in [4.69, 9.17) is 0 Å². The molecule has 230 valence electrons. The first-order chi connectivity index (χ1) is 19.4. The van der Waals surface area contributed by atoms with Gasteiger partial charge >= 0.3 is 0 Å². The summed E-state index contributed by atoms with van der Waals surface area (Å²) in [5.74, 6) is -1.77. The van der Waals surface area contributed by atoms with Crippen molar-refractivity contribution in [3.63, 3.8) is 0 Å². The van der Waals surface area contributed by atoms with Gasteiger partial charge in [0.05, 0.1) is 11.8 Å². The van der Waals surface area contributed by atoms with Crippen LogP contribution >= 0.6 is 15.9 Å². The molecule has 3 N–H and O–H groups in total. The third-order valence-corrected chi connectivity index (χ3v) is 8.85. The Morgan fingerprint density at radius 3 is 2.05 bits per heavy atom. The minimum absolute atomic E-state index is 0.0399. The topological polar surface area (TPSA) is 125 Å². The Morgan fingerprint density at radius 2 is 1.52 bits per heavy atom. The first-order valence-electron chi connectivity index (χ1n) is 13.6. The number of likely N-dealkylation sites (N-methyl/N-ethyl adjacent to an activating group) is 2. The van der Waals surface area contributed by atoms with Crippen molar-refractivity contribution in [2.24, 2.45) is 5.41 Å². The molecule has 0 spiro atoms. The van der Waals surface area contributed by atoms with E-state index in [0.29, 0.717) is 5.56 Å². The number of sulfonamides is 1. The van der Waals surface area contributed by atoms with Gasteiger partial charge in [-0.05, 0) is 42.6 Å². The highest BCUT2D eigenvalue weighted by molar-refractivity contribution is 9.10. The number of nitrogens with zero attached hydrogens (tertiary/aromatic N) is 1. The molecule has 42 heavy (non-hydrogen) atoms. The molecule has 2 aromatic rings. The van der Waals surface area contributed by atoms with Gasteiger partial charge < -0.3 is 15.5 Å². The van der Waals surface area contributed by atoms with Crippen LogP contribution in [0.1, 0.15) is 52.7 Å². The van der Waals surface area contributed by atoms with Crippen LogP contribution in [-0.2, 0) is 35.6 Å². The third-order valence-electron chi connectivity index (χ3n) is 7.11. The van der Waals surface area contributed by atoms with Crippen molar-refractivity contribution in [3.05, 3.63) is 81.8 Å². The number of amides is 3. The van der Waals surface area contributed by atoms with Crippen molar-refractivity contribution in [2.75, 3.05) is 20.6 Å². The minimum atomic E-state index is -3.93. The van der Waals surface area contributed by atoms with E-state index in [1.165, 1.54) is 17.9 Å². The van der Waals surface area contributed by atoms with Gasteiger partial charge in [-0.3, -0.25) is 14.4 Å². The van der Waals surface area contributed by atoms with Crippen LogP contribution in [0.5, 0.6) is 0 Å². The minimum Gasteiger partial charge on any atom is -0.342 e. The summed E-state index contributed by atoms with van der Waals surface area (Å²) in [4.78, 5) is 41.1. The van der Waals surface area contributed by atoms with Crippen LogP contribution < -0.4 is 15.4 Å². The first kappa shape index (κ1) is 35.2. The van der Waals surface area contributed by atoms with Gasteiger partial charge in [-0.15, -0.1) is 0 Å². The summed E-state index contributed by atoms with van der Waals surface area (Å²) in [6.45, 7) is 11.1. The molecule has 0 saturated carbocycles. The summed E-state index contributed by atoms with van der Waals surface area (Å²) < 4.78 is 27.9. The molecule has 1 unspecified atom stereocenters. The van der Waals surface area contributed by atoms with Crippen LogP contribution in [0.2, 0.25) is 0 Å². The number of carbonyl (C=O) groups excluding carboxylic acids is 3. The zero-order valence-corrected chi connectivity index (χ0v) is 28.0. The molecule has 0 saturated heterocycles. The van der Waals surface area contributed by atoms with E-state index in [1.807, 2.05) is 65.0 Å². The fourth-order valence-corrected chi connectivity index (χ4v) is 5.87. The number of halogens is 1. The Balaban J connectivity index is 2.11. The highest BCUT2D eigenvalue weighted by Gasteiger charge is 2.40. The second-order valence-electron chi connectivity index (χ2n) is 12.0. The second kappa shape index (κ2) is 14.4. The zero-order chi connectivity index (χ0) is 31.9. The number of rotatable bonds is 12. The van der Waals surface area contributed by atoms with Crippen molar-refractivity contribution >= 4 is 43.7 Å². The van der Waals surface area contributed by atoms with Gasteiger partial charge in [0.1, 0.15) is 6.04 Å². The average molecular weight is 664 g/mol. The van der Waals surface area contributed by atoms with Crippen LogP contribution in [0.4, 0.5) is 0 Å². The molecule has 2 atom stereocenters. The highest BCUT2D eigenvalue weighted by atomic mass is 79.9. The van der Waals surface area contributed by atoms with Gasteiger partial charge in [0, 0.05) is 29.1 Å². The standard InChI is InChI=1S/C31H43BrN4O5S/c1-21(27(37)35-42(40,41)20-22-14-16-24(32)17-15-22)18-19-36(8)29(39)26(30(2,3)4)34-28(38)25(33-7)31(5,6)23-12-10-9-11-13-23/h9-18,25-26,33H,19-20H2,1-8H3,(H,34,38)(H,35,37)/b21-18+/t25-,26?/m1/s1. The number of hydrogen-bond acceptors (Lipinski definition) is 6. The second-order valence-corrected chi connectivity index (χ2v) is 14.7. The quantitative estimate of drug-likeness (QED) is 0.296. The van der Waals surface area contributed by atoms with Gasteiger partial charge in [-0.2, -0.15) is 0 Å². The lowest BCUT2D eigenvalue weighted by Crippen LogP contribution is -2.60. The van der Waals surface area contributed by atoms with E-state index in [1.54, 1.807) is 38.4 Å². The van der Waals surface area contributed by atoms with Gasteiger partial charge in [-0.25, -0.2) is 13.1 Å². The molecule has 3 amide bonds. The van der Waals surface area contributed by atoms with Crippen molar-refractivity contribution in [2.45, 2.75) is 64.8 Å². The van der Waals surface area contributed by atoms with Gasteiger partial charge in [-0.1, -0.05) is 99.1 Å². The molecule has 2 aromatic carbocycles. The normalized spacial score (nSPS) is 14.1. The molecule has 0 bridgehead atoms. The van der Waals surface area contributed by atoms with Crippen molar-refractivity contribution in [1.29, 1.82) is 0 Å². The van der Waals surface area contributed by atoms with Crippen molar-refractivity contribution in [3.8, 4) is 0 Å². The molecule has 2 rings (SSSR count). The Bertz CT molecular complexity index is 1380. The third kappa shape index (κ3) is 9.78. The SMILES string of the molecule is CN[C@H](C(=O)NC(C(=O)N(C)C/C=C(\C)C(=O)NS(=O)(=O)Cc1ccc(Br)cc1)C(C)(C)C)C(C)(C)c1ccccc1. The van der Waals surface area contributed by atoms with Crippen LogP contribution in [0.15, 0.2) is 70.7 Å². The summed E-state index contributed by atoms with van der Waals surface area (Å²) >= 11 is 3.30. The number of hydrogen-bond donors (Lipinski definition) is 3. The monoisotopic (exact) mass is 662 g/mol. The molecule has 0 heterocycles. The lowest BCUT2D eigenvalue weighted by molar-refractivity contribution is -0.139. The van der Waals surface area contributed by atoms with Crippen molar-refractivity contribution in [1.82, 2.24) is 20.3 Å². The summed E-state index contributed by atoms with van der Waals surface area (Å²) in [5.41, 5.74) is 0.474. The van der Waals surface area contributed by atoms with Gasteiger partial charge in [0.25, 0.3) is 5.91 Å². The van der Waals surface area contributed by atoms with E-state index in [-0.39, 0.29) is 29.7 Å². The molecular formula is C31H43BrN4O5S. The van der Waals surface area contributed by atoms with E-state index < -0.39 is 38.8 Å². The molecular weight excluding hydrogens is 620 g/mol. The summed E-state index contributed by atoms with van der Waals surface area (Å²) in [6.07, 6.45) is 1.48. The molecule has 0 radical (unpaired) electrons. The first-order valence-corrected chi connectivity index (χ1v) is 16.1. The molecule has 0 aliphatic rings. The van der Waals surface area contributed by atoms with Crippen LogP contribution in [-0.4, -0.2) is 63.8 Å². The maximum Gasteiger partial charge on any atom is 0.260 e. The number of benzene rings is 2. The highest BCUT2D eigenvalue weighted by Crippen LogP contribution is 2.28. The lowest BCUT2D eigenvalue weighted by Gasteiger charge is -2.38. The summed E-state index contributed by atoms with van der Waals surface area (Å²) in [7, 11) is -0.639. The molecule has 9 nitrogen and oxygen atoms in total. The Hall–Kier alpha value is -3.02. The lowest BCUT2D eigenvalue weighted by atomic mass is 9.76. The predicted molar refractivity (Wildman–Crippen MR) is 170 cm³/mol. The summed E-state index contributed by atoms with van der Waals surface area (Å²) in [6, 6.07) is 15.0. The van der Waals surface area contributed by atoms with Gasteiger partial charge in [0.2, 0.25) is 21.8 Å². The molecule has 0 aliphatic carbocycles. The molecule has 11 heteroatoms. The van der Waals surface area contributed by atoms with Gasteiger partial charge in [0.15, 0.2) is 0 Å². The van der Waals surface area contributed by atoms with E-state index in [0.717, 1.165) is 10.0 Å². The zero-order valence-electron chi connectivity index (χ0n) is 25.6. The summed E-state index contributed by atoms with van der Waals surface area (Å²) in [5, 5.41) is 6.07. The maximum absolute atomic E-state index is 13.6. The maximum atomic E-state index is 13.6. The number of nitrogens with one attached hydrogen (secondary N) is 3. The molecule has 0 fully saturated rings. The number of carbonyl (C=O) groups is 3. The average Bonchev–Trinajstić information content (AvgIpc) is 2.90. The Labute approximate surface area is 258 Å². The Morgan fingerprint density at radius 1 is 0.952 bits per heavy atom. The van der Waals surface area contributed by atoms with Crippen molar-refractivity contribution < 1.29 is 22.8 Å². The van der Waals surface area contributed by atoms with Crippen LogP contribution in [0.3, 0.4) is 0 Å². The Kier molecular flexibility index (Phi) is 12.1.